The van der Waals surface area contributed by atoms with Gasteiger partial charge >= 0.3 is 0 Å². The van der Waals surface area contributed by atoms with Gasteiger partial charge in [-0.1, -0.05) is 46.3 Å². The molecule has 25 heavy (non-hydrogen) atoms. The van der Waals surface area contributed by atoms with Crippen LogP contribution in [0, 0.1) is 0 Å². The molecule has 1 aliphatic carbocycles. The van der Waals surface area contributed by atoms with E-state index in [-0.39, 0.29) is 11.6 Å². The van der Waals surface area contributed by atoms with E-state index in [0.29, 0.717) is 17.1 Å². The second kappa shape index (κ2) is 6.67. The van der Waals surface area contributed by atoms with Crippen LogP contribution in [0.25, 0.3) is 0 Å². The maximum Gasteiger partial charge on any atom is 0.227 e. The number of hydrogen-bond acceptors (Lipinski definition) is 5. The fourth-order valence-electron chi connectivity index (χ4n) is 2.84. The van der Waals surface area contributed by atoms with E-state index in [9.17, 15) is 9.59 Å². The van der Waals surface area contributed by atoms with E-state index in [1.807, 2.05) is 32.9 Å². The Balaban J connectivity index is 0.000000166. The minimum Gasteiger partial charge on any atom is -0.365 e. The number of carbonyl (C=O) groups excluding carboxylic acids is 2. The summed E-state index contributed by atoms with van der Waals surface area (Å²) < 4.78 is 0. The lowest BCUT2D eigenvalue weighted by molar-refractivity contribution is -0.117. The van der Waals surface area contributed by atoms with Crippen molar-refractivity contribution in [2.24, 2.45) is 0 Å². The van der Waals surface area contributed by atoms with Crippen molar-refractivity contribution in [3.63, 3.8) is 0 Å². The highest BCUT2D eigenvalue weighted by Gasteiger charge is 2.43. The fourth-order valence-corrected chi connectivity index (χ4v) is 3.22. The topological polar surface area (TPSA) is 43.2 Å². The lowest BCUT2D eigenvalue weighted by Crippen LogP contribution is -2.29. The summed E-state index contributed by atoms with van der Waals surface area (Å²) in [5.41, 5.74) is 3.21. The fraction of sp³-hybridized carbons (Fsp3) is 0.368. The maximum absolute atomic E-state index is 12.4. The van der Waals surface area contributed by atoms with Crippen LogP contribution in [0.4, 0.5) is 0 Å². The van der Waals surface area contributed by atoms with E-state index in [1.54, 1.807) is 0 Å². The summed E-state index contributed by atoms with van der Waals surface area (Å²) in [5.74, 6) is 0.0485. The Morgan fingerprint density at radius 3 is 1.84 bits per heavy atom. The molecule has 0 atom stereocenters. The zero-order valence-electron chi connectivity index (χ0n) is 13.9. The number of allylic oxidation sites excluding steroid dienone is 1. The van der Waals surface area contributed by atoms with Crippen molar-refractivity contribution >= 4 is 27.5 Å². The van der Waals surface area contributed by atoms with E-state index in [4.69, 9.17) is 0 Å². The van der Waals surface area contributed by atoms with E-state index >= 15 is 0 Å². The van der Waals surface area contributed by atoms with Crippen molar-refractivity contribution in [3.8, 4) is 0 Å². The first kappa shape index (κ1) is 16.4. The van der Waals surface area contributed by atoms with Crippen LogP contribution in [-0.4, -0.2) is 65.5 Å². The molecular formula is C19H20BrN3O2. The van der Waals surface area contributed by atoms with Crippen LogP contribution in [0.3, 0.4) is 0 Å². The number of alkyl halides is 1. The predicted molar refractivity (Wildman–Crippen MR) is 98.9 cm³/mol. The van der Waals surface area contributed by atoms with Crippen molar-refractivity contribution in [1.82, 2.24) is 14.7 Å². The van der Waals surface area contributed by atoms with Crippen molar-refractivity contribution in [2.45, 2.75) is 5.33 Å². The molecule has 3 fully saturated rings. The normalized spacial score (nSPS) is 21.0. The molecule has 4 aliphatic rings. The first-order chi connectivity index (χ1) is 12.2. The summed E-state index contributed by atoms with van der Waals surface area (Å²) >= 11 is 3.36. The average molecular weight is 402 g/mol. The van der Waals surface area contributed by atoms with Gasteiger partial charge in [-0.2, -0.15) is 0 Å². The van der Waals surface area contributed by atoms with Gasteiger partial charge in [0.2, 0.25) is 11.6 Å². The summed E-state index contributed by atoms with van der Waals surface area (Å²) in [6.45, 7) is 5.41. The molecule has 3 saturated heterocycles. The number of rotatable bonds is 4. The molecule has 0 aromatic heterocycles. The number of carbonyl (C=O) groups is 2. The van der Waals surface area contributed by atoms with Gasteiger partial charge in [-0.25, -0.2) is 0 Å². The number of hydrogen-bond donors (Lipinski definition) is 0. The molecule has 6 heteroatoms. The highest BCUT2D eigenvalue weighted by Crippen LogP contribution is 2.33. The Morgan fingerprint density at radius 1 is 0.800 bits per heavy atom. The van der Waals surface area contributed by atoms with E-state index in [0.717, 1.165) is 44.6 Å². The molecule has 3 heterocycles. The van der Waals surface area contributed by atoms with Gasteiger partial charge in [0.15, 0.2) is 0 Å². The standard InChI is InChI=1S/C12H13N3O2.C7H7Br/c16-9-7-8(13-1-2-13)12(17)11(15-5-6-15)10(9)14-3-4-14;8-6-7-4-2-1-3-5-7/h7H,1-6H2;1-5H,6H2. The minimum atomic E-state index is 0.00546. The van der Waals surface area contributed by atoms with Crippen LogP contribution in [0.5, 0.6) is 0 Å². The van der Waals surface area contributed by atoms with Gasteiger partial charge in [-0.3, -0.25) is 9.59 Å². The quantitative estimate of drug-likeness (QED) is 0.436. The van der Waals surface area contributed by atoms with Crippen LogP contribution in [0.15, 0.2) is 53.5 Å². The minimum absolute atomic E-state index is 0.00546. The Kier molecular flexibility index (Phi) is 4.37. The number of halogens is 1. The van der Waals surface area contributed by atoms with E-state index in [1.165, 1.54) is 11.6 Å². The van der Waals surface area contributed by atoms with Crippen LogP contribution in [0.1, 0.15) is 5.56 Å². The van der Waals surface area contributed by atoms with Crippen molar-refractivity contribution < 1.29 is 9.59 Å². The van der Waals surface area contributed by atoms with Crippen LogP contribution in [0.2, 0.25) is 0 Å². The van der Waals surface area contributed by atoms with E-state index < -0.39 is 0 Å². The number of nitrogens with zero attached hydrogens (tertiary/aromatic N) is 3. The third-order valence-corrected chi connectivity index (χ3v) is 5.13. The van der Waals surface area contributed by atoms with Gasteiger partial charge in [0.05, 0.1) is 5.70 Å². The molecule has 5 rings (SSSR count). The molecule has 1 aromatic carbocycles. The van der Waals surface area contributed by atoms with Gasteiger partial charge in [0.25, 0.3) is 0 Å². The molecule has 5 nitrogen and oxygen atoms in total. The van der Waals surface area contributed by atoms with Crippen LogP contribution >= 0.6 is 15.9 Å². The monoisotopic (exact) mass is 401 g/mol. The third kappa shape index (κ3) is 3.63. The predicted octanol–water partition coefficient (Wildman–Crippen LogP) is 1.76. The first-order valence-corrected chi connectivity index (χ1v) is 9.71. The number of ketones is 2. The van der Waals surface area contributed by atoms with Crippen molar-refractivity contribution in [3.05, 3.63) is 59.1 Å². The molecular weight excluding hydrogens is 382 g/mol. The smallest absolute Gasteiger partial charge is 0.227 e. The molecule has 0 spiro atoms. The maximum atomic E-state index is 12.4. The molecule has 0 unspecified atom stereocenters. The average Bonchev–Trinajstić information content (AvgIpc) is 3.50. The molecule has 1 aromatic rings. The van der Waals surface area contributed by atoms with E-state index in [2.05, 4.69) is 28.1 Å². The molecule has 0 saturated carbocycles. The lowest BCUT2D eigenvalue weighted by atomic mass is 10.0. The summed E-state index contributed by atoms with van der Waals surface area (Å²) in [6.07, 6.45) is 1.52. The Morgan fingerprint density at radius 2 is 1.36 bits per heavy atom. The lowest BCUT2D eigenvalue weighted by Gasteiger charge is -2.21. The van der Waals surface area contributed by atoms with Gasteiger partial charge in [0, 0.05) is 50.7 Å². The largest absolute Gasteiger partial charge is 0.365 e. The SMILES string of the molecule is BrCc1ccccc1.O=C1C=C(N2CC2)C(=O)C(N2CC2)=C1N1CC1. The third-order valence-electron chi connectivity index (χ3n) is 4.49. The second-order valence-electron chi connectivity index (χ2n) is 6.50. The Labute approximate surface area is 155 Å². The van der Waals surface area contributed by atoms with Crippen molar-refractivity contribution in [2.75, 3.05) is 39.3 Å². The van der Waals surface area contributed by atoms with Gasteiger partial charge in [-0.05, 0) is 5.56 Å². The molecule has 0 bridgehead atoms. The Hall–Kier alpha value is -2.08. The van der Waals surface area contributed by atoms with Gasteiger partial charge in [0.1, 0.15) is 11.4 Å². The molecule has 0 radical (unpaired) electrons. The van der Waals surface area contributed by atoms with Crippen molar-refractivity contribution in [1.29, 1.82) is 0 Å². The zero-order valence-corrected chi connectivity index (χ0v) is 15.5. The van der Waals surface area contributed by atoms with Gasteiger partial charge < -0.3 is 14.7 Å². The molecule has 0 N–H and O–H groups in total. The van der Waals surface area contributed by atoms with Crippen LogP contribution < -0.4 is 0 Å². The number of Topliss-reactive ketones (excluding diaryl/α,β-unsaturated/α-hetero) is 1. The summed E-state index contributed by atoms with van der Waals surface area (Å²) in [7, 11) is 0. The molecule has 0 amide bonds. The van der Waals surface area contributed by atoms with Crippen LogP contribution in [-0.2, 0) is 14.9 Å². The second-order valence-corrected chi connectivity index (χ2v) is 7.06. The molecule has 3 aliphatic heterocycles. The summed E-state index contributed by atoms with van der Waals surface area (Å²) in [6, 6.07) is 10.3. The summed E-state index contributed by atoms with van der Waals surface area (Å²) in [4.78, 5) is 30.5. The summed E-state index contributed by atoms with van der Waals surface area (Å²) in [5, 5.41) is 0.952. The first-order valence-electron chi connectivity index (χ1n) is 8.59. The Bertz CT molecular complexity index is 760. The number of benzene rings is 1. The highest BCUT2D eigenvalue weighted by molar-refractivity contribution is 9.08. The highest BCUT2D eigenvalue weighted by atomic mass is 79.9. The van der Waals surface area contributed by atoms with Gasteiger partial charge in [-0.15, -0.1) is 0 Å². The molecule has 130 valence electrons. The zero-order chi connectivity index (χ0) is 17.4.